The van der Waals surface area contributed by atoms with E-state index in [1.165, 1.54) is 10.5 Å². The van der Waals surface area contributed by atoms with Crippen LogP contribution in [-0.2, 0) is 15.0 Å². The molecule has 164 valence electrons. The minimum atomic E-state index is -0.518. The van der Waals surface area contributed by atoms with Gasteiger partial charge >= 0.3 is 5.97 Å². The van der Waals surface area contributed by atoms with Crippen LogP contribution in [-0.4, -0.2) is 17.8 Å². The first-order valence-corrected chi connectivity index (χ1v) is 11.3. The smallest absolute Gasteiger partial charge is 0.343 e. The molecule has 0 spiro atoms. The summed E-state index contributed by atoms with van der Waals surface area (Å²) in [6.45, 7) is 6.50. The molecule has 2 aliphatic carbocycles. The molecule has 5 nitrogen and oxygen atoms in total. The number of anilines is 1. The minimum Gasteiger partial charge on any atom is -0.423 e. The molecule has 3 aliphatic rings. The Labute approximate surface area is 188 Å². The quantitative estimate of drug-likeness (QED) is 0.293. The van der Waals surface area contributed by atoms with Gasteiger partial charge in [-0.25, -0.2) is 9.69 Å². The minimum absolute atomic E-state index is 0.0545. The summed E-state index contributed by atoms with van der Waals surface area (Å²) in [5.74, 6) is -0.594. The normalized spacial score (nSPS) is 26.0. The average Bonchev–Trinajstić information content (AvgIpc) is 3.48. The van der Waals surface area contributed by atoms with Crippen LogP contribution in [0, 0.1) is 23.7 Å². The van der Waals surface area contributed by atoms with Crippen molar-refractivity contribution in [2.75, 3.05) is 4.90 Å². The Morgan fingerprint density at radius 3 is 2.22 bits per heavy atom. The average molecular weight is 430 g/mol. The van der Waals surface area contributed by atoms with E-state index in [1.54, 1.807) is 36.4 Å². The number of nitrogens with zero attached hydrogens (tertiary/aromatic N) is 1. The predicted octanol–water partition coefficient (Wildman–Crippen LogP) is 4.90. The van der Waals surface area contributed by atoms with Crippen LogP contribution in [0.1, 0.15) is 49.5 Å². The van der Waals surface area contributed by atoms with Gasteiger partial charge in [-0.2, -0.15) is 0 Å². The van der Waals surface area contributed by atoms with Crippen LogP contribution in [0.25, 0.3) is 0 Å². The van der Waals surface area contributed by atoms with Gasteiger partial charge in [0.1, 0.15) is 5.75 Å². The Morgan fingerprint density at radius 1 is 1.00 bits per heavy atom. The van der Waals surface area contributed by atoms with E-state index < -0.39 is 5.97 Å². The maximum absolute atomic E-state index is 13.1. The van der Waals surface area contributed by atoms with Crippen LogP contribution in [0.2, 0.25) is 0 Å². The number of hydrogen-bond donors (Lipinski definition) is 0. The van der Waals surface area contributed by atoms with E-state index in [1.807, 2.05) is 12.1 Å². The van der Waals surface area contributed by atoms with E-state index in [-0.39, 0.29) is 40.9 Å². The van der Waals surface area contributed by atoms with E-state index in [4.69, 9.17) is 4.74 Å². The number of ether oxygens (including phenoxy) is 1. The molecule has 0 radical (unpaired) electrons. The van der Waals surface area contributed by atoms with Crippen molar-refractivity contribution in [2.45, 2.75) is 39.0 Å². The third kappa shape index (κ3) is 3.19. The maximum atomic E-state index is 13.1. The lowest BCUT2D eigenvalue weighted by Gasteiger charge is -2.23. The van der Waals surface area contributed by atoms with Crippen molar-refractivity contribution in [3.63, 3.8) is 0 Å². The molecule has 2 fully saturated rings. The Kier molecular flexibility index (Phi) is 4.81. The largest absolute Gasteiger partial charge is 0.423 e. The lowest BCUT2D eigenvalue weighted by molar-refractivity contribution is -0.123. The third-order valence-electron chi connectivity index (χ3n) is 7.54. The fourth-order valence-corrected chi connectivity index (χ4v) is 5.27. The monoisotopic (exact) mass is 429 g/mol. The molecule has 2 aromatic rings. The van der Waals surface area contributed by atoms with Crippen molar-refractivity contribution in [3.8, 4) is 5.75 Å². The van der Waals surface area contributed by atoms with Crippen molar-refractivity contribution in [1.29, 1.82) is 0 Å². The summed E-state index contributed by atoms with van der Waals surface area (Å²) >= 11 is 0. The molecule has 0 N–H and O–H groups in total. The molecule has 1 saturated heterocycles. The molecular formula is C27H27NO4. The lowest BCUT2D eigenvalue weighted by Crippen LogP contribution is -2.33. The molecule has 4 atom stereocenters. The first-order chi connectivity index (χ1) is 15.3. The third-order valence-corrected chi connectivity index (χ3v) is 7.54. The van der Waals surface area contributed by atoms with Crippen molar-refractivity contribution >= 4 is 23.5 Å². The Hall–Kier alpha value is -3.21. The molecule has 32 heavy (non-hydrogen) atoms. The van der Waals surface area contributed by atoms with Crippen molar-refractivity contribution in [3.05, 3.63) is 71.8 Å². The first-order valence-electron chi connectivity index (χ1n) is 11.3. The summed E-state index contributed by atoms with van der Waals surface area (Å²) in [5.41, 5.74) is 1.98. The topological polar surface area (TPSA) is 63.7 Å². The highest BCUT2D eigenvalue weighted by Crippen LogP contribution is 2.53. The fourth-order valence-electron chi connectivity index (χ4n) is 5.27. The predicted molar refractivity (Wildman–Crippen MR) is 121 cm³/mol. The number of rotatable bonds is 5. The van der Waals surface area contributed by atoms with E-state index in [0.717, 1.165) is 12.8 Å². The zero-order chi connectivity index (χ0) is 22.6. The molecule has 2 amide bonds. The van der Waals surface area contributed by atoms with Crippen LogP contribution in [0.5, 0.6) is 5.75 Å². The highest BCUT2D eigenvalue weighted by atomic mass is 16.5. The van der Waals surface area contributed by atoms with E-state index in [9.17, 15) is 14.4 Å². The van der Waals surface area contributed by atoms with Crippen molar-refractivity contribution < 1.29 is 19.1 Å². The number of imide groups is 1. The fraction of sp³-hybridized carbons (Fsp3) is 0.370. The molecule has 0 unspecified atom stereocenters. The van der Waals surface area contributed by atoms with Gasteiger partial charge in [-0.05, 0) is 66.0 Å². The first kappa shape index (κ1) is 20.7. The maximum Gasteiger partial charge on any atom is 0.343 e. The van der Waals surface area contributed by atoms with Gasteiger partial charge in [0.25, 0.3) is 0 Å². The van der Waals surface area contributed by atoms with Gasteiger partial charge < -0.3 is 4.74 Å². The van der Waals surface area contributed by atoms with Crippen LogP contribution in [0.3, 0.4) is 0 Å². The second-order valence-electron chi connectivity index (χ2n) is 9.71. The van der Waals surface area contributed by atoms with Gasteiger partial charge in [0.15, 0.2) is 0 Å². The molecule has 5 rings (SSSR count). The molecular weight excluding hydrogens is 402 g/mol. The zero-order valence-corrected chi connectivity index (χ0v) is 18.6. The van der Waals surface area contributed by atoms with E-state index in [0.29, 0.717) is 17.0 Å². The molecule has 1 heterocycles. The standard InChI is InChI=1S/C27H27NO4/c1-4-27(2,3)19-10-12-21(13-11-19)32-26(31)18-6-5-7-20(15-18)28-24(29)22-16-8-9-17(14-16)23(22)25(28)30/h5-13,15-17,22-23H,4,14H2,1-3H3/t16-,17-,22+,23+/m0/s1. The summed E-state index contributed by atoms with van der Waals surface area (Å²) < 4.78 is 5.55. The number of esters is 1. The van der Waals surface area contributed by atoms with Crippen molar-refractivity contribution in [1.82, 2.24) is 0 Å². The summed E-state index contributed by atoms with van der Waals surface area (Å²) in [5, 5.41) is 0. The van der Waals surface area contributed by atoms with Crippen LogP contribution < -0.4 is 9.64 Å². The number of allylic oxidation sites excluding steroid dienone is 2. The second-order valence-corrected chi connectivity index (χ2v) is 9.71. The molecule has 5 heteroatoms. The van der Waals surface area contributed by atoms with Gasteiger partial charge in [-0.1, -0.05) is 51.1 Å². The van der Waals surface area contributed by atoms with Crippen molar-refractivity contribution in [2.24, 2.45) is 23.7 Å². The number of carbonyl (C=O) groups is 3. The summed E-state index contributed by atoms with van der Waals surface area (Å²) in [4.78, 5) is 40.1. The number of amides is 2. The van der Waals surface area contributed by atoms with E-state index >= 15 is 0 Å². The highest BCUT2D eigenvalue weighted by molar-refractivity contribution is 6.23. The molecule has 2 bridgehead atoms. The molecule has 0 aromatic heterocycles. The SMILES string of the molecule is CCC(C)(C)c1ccc(OC(=O)c2cccc(N3C(=O)[C@H]4[C@H](C3=O)[C@H]3C=C[C@H]4C3)c2)cc1. The number of fused-ring (bicyclic) bond motifs is 5. The summed E-state index contributed by atoms with van der Waals surface area (Å²) in [7, 11) is 0. The van der Waals surface area contributed by atoms with Gasteiger partial charge in [0, 0.05) is 0 Å². The number of benzene rings is 2. The number of carbonyl (C=O) groups excluding carboxylic acids is 3. The molecule has 1 saturated carbocycles. The van der Waals surface area contributed by atoms with E-state index in [2.05, 4.69) is 32.9 Å². The molecule has 1 aliphatic heterocycles. The van der Waals surface area contributed by atoms with Crippen LogP contribution >= 0.6 is 0 Å². The summed E-state index contributed by atoms with van der Waals surface area (Å²) in [6, 6.07) is 14.1. The Bertz CT molecular complexity index is 1100. The zero-order valence-electron chi connectivity index (χ0n) is 18.6. The number of hydrogen-bond acceptors (Lipinski definition) is 4. The highest BCUT2D eigenvalue weighted by Gasteiger charge is 2.59. The van der Waals surface area contributed by atoms with Crippen LogP contribution in [0.4, 0.5) is 5.69 Å². The second kappa shape index (κ2) is 7.44. The van der Waals surface area contributed by atoms with Gasteiger partial charge in [-0.15, -0.1) is 0 Å². The molecule has 2 aromatic carbocycles. The summed E-state index contributed by atoms with van der Waals surface area (Å²) in [6.07, 6.45) is 6.04. The lowest BCUT2D eigenvalue weighted by atomic mass is 9.82. The van der Waals surface area contributed by atoms with Crippen LogP contribution in [0.15, 0.2) is 60.7 Å². The Balaban J connectivity index is 1.34. The van der Waals surface area contributed by atoms with Gasteiger partial charge in [-0.3, -0.25) is 9.59 Å². The Morgan fingerprint density at radius 2 is 1.62 bits per heavy atom. The van der Waals surface area contributed by atoms with Gasteiger partial charge in [0.2, 0.25) is 11.8 Å². The van der Waals surface area contributed by atoms with Gasteiger partial charge in [0.05, 0.1) is 23.1 Å².